The minimum absolute atomic E-state index is 0.549. The summed E-state index contributed by atoms with van der Waals surface area (Å²) in [6, 6.07) is 9.06. The molecule has 0 amide bonds. The second-order valence-electron chi connectivity index (χ2n) is 2.86. The maximum absolute atomic E-state index is 3.47. The van der Waals surface area contributed by atoms with E-state index in [1.165, 1.54) is 22.2 Å². The summed E-state index contributed by atoms with van der Waals surface area (Å²) in [5.74, 6) is 1.22. The molecule has 1 nitrogen and oxygen atoms in total. The summed E-state index contributed by atoms with van der Waals surface area (Å²) < 4.78 is 4.56. The Morgan fingerprint density at radius 1 is 1.50 bits per heavy atom. The Balaban J connectivity index is 2.21. The van der Waals surface area contributed by atoms with Gasteiger partial charge in [-0.15, -0.1) is 0 Å². The highest BCUT2D eigenvalue weighted by Crippen LogP contribution is 2.28. The number of halogens is 1. The van der Waals surface area contributed by atoms with Gasteiger partial charge in [-0.05, 0) is 24.1 Å². The van der Waals surface area contributed by atoms with Crippen molar-refractivity contribution in [2.75, 3.05) is 5.75 Å². The van der Waals surface area contributed by atoms with Gasteiger partial charge in [0.05, 0.1) is 0 Å². The zero-order valence-corrected chi connectivity index (χ0v) is 8.99. The van der Waals surface area contributed by atoms with Gasteiger partial charge in [0.15, 0.2) is 0 Å². The van der Waals surface area contributed by atoms with Gasteiger partial charge in [0.25, 0.3) is 0 Å². The van der Waals surface area contributed by atoms with Crippen molar-refractivity contribution in [3.05, 3.63) is 34.3 Å². The van der Waals surface area contributed by atoms with Crippen molar-refractivity contribution >= 4 is 27.9 Å². The van der Waals surface area contributed by atoms with E-state index in [0.717, 1.165) is 0 Å². The van der Waals surface area contributed by atoms with E-state index in [9.17, 15) is 0 Å². The molecule has 1 saturated heterocycles. The first-order chi connectivity index (χ1) is 5.86. The van der Waals surface area contributed by atoms with Crippen LogP contribution in [0.1, 0.15) is 18.0 Å². The standard InChI is InChI=1S/C9H10BrNS/c10-8-3-1-2-7(6-8)9-4-5-12-11-9/h1-3,6,9,11H,4-5H2. The van der Waals surface area contributed by atoms with E-state index in [-0.39, 0.29) is 0 Å². The zero-order valence-electron chi connectivity index (χ0n) is 6.59. The van der Waals surface area contributed by atoms with Crippen molar-refractivity contribution in [2.45, 2.75) is 12.5 Å². The van der Waals surface area contributed by atoms with Gasteiger partial charge in [-0.1, -0.05) is 40.0 Å². The molecule has 0 saturated carbocycles. The molecule has 0 spiro atoms. The van der Waals surface area contributed by atoms with Gasteiger partial charge in [0.1, 0.15) is 0 Å². The first-order valence-corrected chi connectivity index (χ1v) is 5.77. The fraction of sp³-hybridized carbons (Fsp3) is 0.333. The van der Waals surface area contributed by atoms with E-state index < -0.39 is 0 Å². The molecule has 64 valence electrons. The Hall–Kier alpha value is 0.01000. The highest BCUT2D eigenvalue weighted by atomic mass is 79.9. The SMILES string of the molecule is Brc1cccc(C2CCSN2)c1. The smallest absolute Gasteiger partial charge is 0.0430 e. The molecule has 1 fully saturated rings. The summed E-state index contributed by atoms with van der Waals surface area (Å²) in [5, 5.41) is 0. The molecule has 0 aliphatic carbocycles. The van der Waals surface area contributed by atoms with Gasteiger partial charge in [-0.3, -0.25) is 4.72 Å². The van der Waals surface area contributed by atoms with Crippen molar-refractivity contribution in [3.8, 4) is 0 Å². The molecule has 0 aromatic heterocycles. The van der Waals surface area contributed by atoms with Crippen LogP contribution < -0.4 is 4.72 Å². The number of nitrogens with one attached hydrogen (secondary N) is 1. The zero-order chi connectivity index (χ0) is 8.39. The van der Waals surface area contributed by atoms with Gasteiger partial charge in [0.2, 0.25) is 0 Å². The lowest BCUT2D eigenvalue weighted by molar-refractivity contribution is 0.692. The number of benzene rings is 1. The predicted octanol–water partition coefficient (Wildman–Crippen LogP) is 3.13. The Bertz CT molecular complexity index is 271. The van der Waals surface area contributed by atoms with Crippen LogP contribution in [-0.2, 0) is 0 Å². The summed E-state index contributed by atoms with van der Waals surface area (Å²) in [4.78, 5) is 0. The highest BCUT2D eigenvalue weighted by Gasteiger charge is 2.16. The molecule has 12 heavy (non-hydrogen) atoms. The normalized spacial score (nSPS) is 22.9. The van der Waals surface area contributed by atoms with E-state index >= 15 is 0 Å². The monoisotopic (exact) mass is 243 g/mol. The van der Waals surface area contributed by atoms with Crippen molar-refractivity contribution in [1.29, 1.82) is 0 Å². The molecule has 1 aliphatic heterocycles. The Kier molecular flexibility index (Phi) is 2.73. The van der Waals surface area contributed by atoms with Crippen LogP contribution >= 0.6 is 27.9 Å². The number of rotatable bonds is 1. The quantitative estimate of drug-likeness (QED) is 0.761. The van der Waals surface area contributed by atoms with Crippen molar-refractivity contribution < 1.29 is 0 Å². The average Bonchev–Trinajstić information content (AvgIpc) is 2.56. The highest BCUT2D eigenvalue weighted by molar-refractivity contribution is 9.10. The summed E-state index contributed by atoms with van der Waals surface area (Å²) in [5.41, 5.74) is 1.38. The van der Waals surface area contributed by atoms with E-state index in [4.69, 9.17) is 0 Å². The van der Waals surface area contributed by atoms with Gasteiger partial charge in [0, 0.05) is 16.3 Å². The van der Waals surface area contributed by atoms with Crippen LogP contribution in [0.4, 0.5) is 0 Å². The third-order valence-corrected chi connectivity index (χ3v) is 3.37. The molecular formula is C9H10BrNS. The van der Waals surface area contributed by atoms with Crippen molar-refractivity contribution in [2.24, 2.45) is 0 Å². The lowest BCUT2D eigenvalue weighted by Gasteiger charge is -2.08. The first-order valence-electron chi connectivity index (χ1n) is 3.99. The third kappa shape index (κ3) is 1.84. The molecule has 1 aromatic carbocycles. The molecule has 0 bridgehead atoms. The summed E-state index contributed by atoms with van der Waals surface area (Å²) in [6.45, 7) is 0. The fourth-order valence-electron chi connectivity index (χ4n) is 1.35. The minimum Gasteiger partial charge on any atom is -0.257 e. The molecule has 1 unspecified atom stereocenters. The fourth-order valence-corrected chi connectivity index (χ4v) is 2.70. The van der Waals surface area contributed by atoms with Crippen LogP contribution in [0.15, 0.2) is 28.7 Å². The topological polar surface area (TPSA) is 12.0 Å². The Morgan fingerprint density at radius 2 is 2.42 bits per heavy atom. The van der Waals surface area contributed by atoms with Gasteiger partial charge in [-0.2, -0.15) is 0 Å². The Morgan fingerprint density at radius 3 is 3.08 bits per heavy atom. The largest absolute Gasteiger partial charge is 0.257 e. The van der Waals surface area contributed by atoms with Gasteiger partial charge in [-0.25, -0.2) is 0 Å². The van der Waals surface area contributed by atoms with Crippen molar-refractivity contribution in [1.82, 2.24) is 4.72 Å². The van der Waals surface area contributed by atoms with Crippen LogP contribution in [0.3, 0.4) is 0 Å². The summed E-state index contributed by atoms with van der Waals surface area (Å²) >= 11 is 5.29. The second kappa shape index (κ2) is 3.81. The van der Waals surface area contributed by atoms with Crippen LogP contribution in [-0.4, -0.2) is 5.75 Å². The van der Waals surface area contributed by atoms with E-state index in [1.54, 1.807) is 0 Å². The second-order valence-corrected chi connectivity index (χ2v) is 4.71. The first kappa shape index (κ1) is 8.60. The predicted molar refractivity (Wildman–Crippen MR) is 57.1 cm³/mol. The van der Waals surface area contributed by atoms with Crippen molar-refractivity contribution in [3.63, 3.8) is 0 Å². The van der Waals surface area contributed by atoms with E-state index in [2.05, 4.69) is 44.9 Å². The molecule has 1 heterocycles. The molecule has 1 aliphatic rings. The van der Waals surface area contributed by atoms with Crippen LogP contribution in [0.25, 0.3) is 0 Å². The van der Waals surface area contributed by atoms with Gasteiger partial charge >= 0.3 is 0 Å². The maximum atomic E-state index is 3.47. The molecule has 2 rings (SSSR count). The van der Waals surface area contributed by atoms with Crippen LogP contribution in [0.2, 0.25) is 0 Å². The van der Waals surface area contributed by atoms with Crippen LogP contribution in [0, 0.1) is 0 Å². The van der Waals surface area contributed by atoms with Gasteiger partial charge < -0.3 is 0 Å². The molecule has 1 aromatic rings. The van der Waals surface area contributed by atoms with Crippen LogP contribution in [0.5, 0.6) is 0 Å². The Labute approximate surface area is 85.2 Å². The summed E-state index contributed by atoms with van der Waals surface area (Å²) in [6.07, 6.45) is 1.24. The number of hydrogen-bond acceptors (Lipinski definition) is 2. The molecule has 0 radical (unpaired) electrons. The van der Waals surface area contributed by atoms with E-state index in [0.29, 0.717) is 6.04 Å². The molecular weight excluding hydrogens is 234 g/mol. The average molecular weight is 244 g/mol. The molecule has 1 N–H and O–H groups in total. The maximum Gasteiger partial charge on any atom is 0.0430 e. The summed E-state index contributed by atoms with van der Waals surface area (Å²) in [7, 11) is 0. The molecule has 1 atom stereocenters. The van der Waals surface area contributed by atoms with E-state index in [1.807, 2.05) is 11.9 Å². The third-order valence-electron chi connectivity index (χ3n) is 1.99. The lowest BCUT2D eigenvalue weighted by Crippen LogP contribution is -2.06. The molecule has 3 heteroatoms. The number of hydrogen-bond donors (Lipinski definition) is 1. The minimum atomic E-state index is 0.549. The lowest BCUT2D eigenvalue weighted by atomic mass is 10.1.